The first kappa shape index (κ1) is 18.9. The number of fused-ring (bicyclic) bond motifs is 1. The third-order valence-electron chi connectivity index (χ3n) is 5.47. The number of carbonyl (C=O) groups is 1. The highest BCUT2D eigenvalue weighted by Gasteiger charge is 2.32. The van der Waals surface area contributed by atoms with Gasteiger partial charge in [-0.3, -0.25) is 4.79 Å². The molecule has 28 heavy (non-hydrogen) atoms. The Labute approximate surface area is 169 Å². The second kappa shape index (κ2) is 7.91. The lowest BCUT2D eigenvalue weighted by Gasteiger charge is -2.23. The highest BCUT2D eigenvalue weighted by atomic mass is 32.2. The number of thioether (sulfide) groups is 1. The van der Waals surface area contributed by atoms with Crippen LogP contribution in [-0.2, 0) is 11.2 Å². The van der Waals surface area contributed by atoms with Gasteiger partial charge in [0, 0.05) is 24.4 Å². The zero-order chi connectivity index (χ0) is 19.7. The van der Waals surface area contributed by atoms with Gasteiger partial charge in [-0.1, -0.05) is 23.9 Å². The summed E-state index contributed by atoms with van der Waals surface area (Å²) in [5, 5.41) is 0.787. The van der Waals surface area contributed by atoms with Crippen LogP contribution < -0.4 is 0 Å². The molecule has 146 valence electrons. The fraction of sp³-hybridized carbons (Fsp3) is 0.429. The Morgan fingerprint density at radius 2 is 1.96 bits per heavy atom. The van der Waals surface area contributed by atoms with Gasteiger partial charge in [0.1, 0.15) is 5.82 Å². The number of imidazole rings is 1. The minimum atomic E-state index is 0.0391. The number of aromatic amines is 1. The van der Waals surface area contributed by atoms with Crippen molar-refractivity contribution in [3.8, 4) is 0 Å². The lowest BCUT2D eigenvalue weighted by molar-refractivity contribution is -0.132. The van der Waals surface area contributed by atoms with Crippen molar-refractivity contribution in [2.24, 2.45) is 0 Å². The average Bonchev–Trinajstić information content (AvgIpc) is 3.33. The summed E-state index contributed by atoms with van der Waals surface area (Å²) in [6.07, 6.45) is 5.09. The molecule has 2 aromatic heterocycles. The molecule has 1 aromatic carbocycles. The molecule has 3 heterocycles. The molecular formula is C21H25N5OS. The van der Waals surface area contributed by atoms with Crippen molar-refractivity contribution < 1.29 is 4.79 Å². The van der Waals surface area contributed by atoms with Gasteiger partial charge in [-0.05, 0) is 57.1 Å². The molecule has 0 spiro atoms. The normalized spacial score (nSPS) is 16.8. The van der Waals surface area contributed by atoms with Crippen molar-refractivity contribution in [3.05, 3.63) is 47.0 Å². The molecule has 7 heteroatoms. The van der Waals surface area contributed by atoms with E-state index in [1.807, 2.05) is 49.3 Å². The van der Waals surface area contributed by atoms with E-state index in [9.17, 15) is 4.79 Å². The van der Waals surface area contributed by atoms with Crippen LogP contribution in [0.25, 0.3) is 11.0 Å². The molecule has 1 aliphatic rings. The van der Waals surface area contributed by atoms with Crippen molar-refractivity contribution >= 4 is 28.7 Å². The number of para-hydroxylation sites is 2. The minimum absolute atomic E-state index is 0.0391. The third kappa shape index (κ3) is 3.63. The fourth-order valence-corrected chi connectivity index (χ4v) is 4.47. The average molecular weight is 396 g/mol. The van der Waals surface area contributed by atoms with Gasteiger partial charge in [-0.25, -0.2) is 15.0 Å². The smallest absolute Gasteiger partial charge is 0.223 e. The number of nitrogens with zero attached hydrogens (tertiary/aromatic N) is 4. The predicted octanol–water partition coefficient (Wildman–Crippen LogP) is 3.99. The second-order valence-corrected chi connectivity index (χ2v) is 8.02. The molecule has 1 fully saturated rings. The number of hydrogen-bond donors (Lipinski definition) is 1. The van der Waals surface area contributed by atoms with E-state index < -0.39 is 0 Å². The summed E-state index contributed by atoms with van der Waals surface area (Å²) in [6.45, 7) is 4.79. The van der Waals surface area contributed by atoms with E-state index >= 15 is 0 Å². The number of carbonyl (C=O) groups excluding carboxylic acids is 1. The minimum Gasteiger partial charge on any atom is -0.340 e. The maximum atomic E-state index is 13.0. The van der Waals surface area contributed by atoms with Crippen LogP contribution >= 0.6 is 11.8 Å². The van der Waals surface area contributed by atoms with Crippen LogP contribution in [0.2, 0.25) is 0 Å². The summed E-state index contributed by atoms with van der Waals surface area (Å²) in [5.74, 6) is 1.07. The van der Waals surface area contributed by atoms with Gasteiger partial charge < -0.3 is 9.88 Å². The number of aromatic nitrogens is 4. The molecular weight excluding hydrogens is 370 g/mol. The molecule has 1 aliphatic heterocycles. The number of hydrogen-bond acceptors (Lipinski definition) is 5. The number of nitrogens with one attached hydrogen (secondary N) is 1. The van der Waals surface area contributed by atoms with Crippen LogP contribution in [0.4, 0.5) is 0 Å². The van der Waals surface area contributed by atoms with Crippen LogP contribution in [0.3, 0.4) is 0 Å². The Kier molecular flexibility index (Phi) is 5.35. The molecule has 1 atom stereocenters. The first-order chi connectivity index (χ1) is 13.6. The largest absolute Gasteiger partial charge is 0.340 e. The summed E-state index contributed by atoms with van der Waals surface area (Å²) in [6, 6.07) is 8.05. The number of amides is 1. The zero-order valence-electron chi connectivity index (χ0n) is 16.5. The van der Waals surface area contributed by atoms with E-state index in [0.29, 0.717) is 12.8 Å². The quantitative estimate of drug-likeness (QED) is 0.522. The van der Waals surface area contributed by atoms with Gasteiger partial charge in [0.05, 0.1) is 17.1 Å². The molecule has 3 aromatic rings. The Hall–Kier alpha value is -2.41. The van der Waals surface area contributed by atoms with E-state index in [-0.39, 0.29) is 11.9 Å². The molecule has 1 unspecified atom stereocenters. The summed E-state index contributed by atoms with van der Waals surface area (Å²) in [7, 11) is 0. The van der Waals surface area contributed by atoms with Gasteiger partial charge in [0.25, 0.3) is 0 Å². The first-order valence-electron chi connectivity index (χ1n) is 9.69. The van der Waals surface area contributed by atoms with Gasteiger partial charge in [0.15, 0.2) is 5.16 Å². The summed E-state index contributed by atoms with van der Waals surface area (Å²) in [5.41, 5.74) is 5.01. The summed E-state index contributed by atoms with van der Waals surface area (Å²) >= 11 is 1.54. The molecule has 1 N–H and O–H groups in total. The Bertz CT molecular complexity index is 959. The molecule has 4 rings (SSSR count). The Morgan fingerprint density at radius 3 is 2.68 bits per heavy atom. The highest BCUT2D eigenvalue weighted by molar-refractivity contribution is 7.98. The van der Waals surface area contributed by atoms with E-state index in [0.717, 1.165) is 58.4 Å². The monoisotopic (exact) mass is 395 g/mol. The first-order valence-corrected chi connectivity index (χ1v) is 10.9. The van der Waals surface area contributed by atoms with E-state index in [2.05, 4.69) is 15.0 Å². The van der Waals surface area contributed by atoms with Gasteiger partial charge in [0.2, 0.25) is 5.91 Å². The molecule has 1 amide bonds. The highest BCUT2D eigenvalue weighted by Crippen LogP contribution is 2.32. The Balaban J connectivity index is 1.48. The van der Waals surface area contributed by atoms with Crippen molar-refractivity contribution in [1.29, 1.82) is 0 Å². The molecule has 0 bridgehead atoms. The van der Waals surface area contributed by atoms with E-state index in [4.69, 9.17) is 4.98 Å². The SMILES string of the molecule is CSc1nc(C)c(CCC(=O)N2CCCC2c2nc3ccccc3[nH]2)c(C)n1. The van der Waals surface area contributed by atoms with E-state index in [1.54, 1.807) is 11.8 Å². The van der Waals surface area contributed by atoms with Crippen LogP contribution in [-0.4, -0.2) is 43.5 Å². The third-order valence-corrected chi connectivity index (χ3v) is 6.02. The van der Waals surface area contributed by atoms with Crippen molar-refractivity contribution in [3.63, 3.8) is 0 Å². The van der Waals surface area contributed by atoms with Crippen LogP contribution in [0.15, 0.2) is 29.4 Å². The standard InChI is InChI=1S/C21H25N5OS/c1-13-15(14(2)23-21(22-13)28-3)10-11-19(27)26-12-6-9-18(26)20-24-16-7-4-5-8-17(16)25-20/h4-5,7-8,18H,6,9-12H2,1-3H3,(H,24,25). The maximum absolute atomic E-state index is 13.0. The molecule has 1 saturated heterocycles. The predicted molar refractivity (Wildman–Crippen MR) is 111 cm³/mol. The van der Waals surface area contributed by atoms with Gasteiger partial charge in [-0.15, -0.1) is 0 Å². The second-order valence-electron chi connectivity index (χ2n) is 7.24. The number of aryl methyl sites for hydroxylation is 2. The number of likely N-dealkylation sites (tertiary alicyclic amines) is 1. The summed E-state index contributed by atoms with van der Waals surface area (Å²) < 4.78 is 0. The number of H-pyrrole nitrogens is 1. The molecule has 6 nitrogen and oxygen atoms in total. The van der Waals surface area contributed by atoms with Crippen LogP contribution in [0, 0.1) is 13.8 Å². The molecule has 0 radical (unpaired) electrons. The Morgan fingerprint density at radius 1 is 1.21 bits per heavy atom. The van der Waals surface area contributed by atoms with Crippen molar-refractivity contribution in [1.82, 2.24) is 24.8 Å². The van der Waals surface area contributed by atoms with Crippen molar-refractivity contribution in [2.75, 3.05) is 12.8 Å². The number of benzene rings is 1. The van der Waals surface area contributed by atoms with Crippen LogP contribution in [0.1, 0.15) is 48.1 Å². The summed E-state index contributed by atoms with van der Waals surface area (Å²) in [4.78, 5) is 32.2. The lowest BCUT2D eigenvalue weighted by Crippen LogP contribution is -2.31. The number of rotatable bonds is 5. The van der Waals surface area contributed by atoms with Crippen LogP contribution in [0.5, 0.6) is 0 Å². The zero-order valence-corrected chi connectivity index (χ0v) is 17.3. The topological polar surface area (TPSA) is 74.8 Å². The van der Waals surface area contributed by atoms with Gasteiger partial charge in [-0.2, -0.15) is 0 Å². The maximum Gasteiger partial charge on any atom is 0.223 e. The molecule has 0 aliphatic carbocycles. The fourth-order valence-electron chi connectivity index (χ4n) is 4.02. The lowest BCUT2D eigenvalue weighted by atomic mass is 10.1. The van der Waals surface area contributed by atoms with E-state index in [1.165, 1.54) is 0 Å². The molecule has 0 saturated carbocycles. The van der Waals surface area contributed by atoms with Crippen molar-refractivity contribution in [2.45, 2.75) is 50.7 Å². The van der Waals surface area contributed by atoms with Gasteiger partial charge >= 0.3 is 0 Å².